The number of nitroso groups, excluding NO2 is 1. The molecule has 0 unspecified atom stereocenters. The second kappa shape index (κ2) is 12.0. The SMILES string of the molecule is CC(C)COC(=O)NCc1cc(N(C)C)c2c(c1ON)C(=O)C1=C(N=O)[C@]3(O)C(=O)C(C(N)=O)=C(O)[C@H](N(C)C)[C@@H]3C[C@@H]1C2. The van der Waals surface area contributed by atoms with Crippen molar-refractivity contribution in [1.82, 2.24) is 10.2 Å². The van der Waals surface area contributed by atoms with E-state index >= 15 is 0 Å². The Hall–Kier alpha value is -4.34. The zero-order valence-corrected chi connectivity index (χ0v) is 25.5. The van der Waals surface area contributed by atoms with Gasteiger partial charge < -0.3 is 35.7 Å². The Kier molecular flexibility index (Phi) is 8.87. The molecule has 0 radical (unpaired) electrons. The molecule has 3 aliphatic rings. The third kappa shape index (κ3) is 5.10. The number of ketones is 2. The largest absolute Gasteiger partial charge is 0.510 e. The molecule has 2 amide bonds. The maximum Gasteiger partial charge on any atom is 0.407 e. The molecule has 1 aromatic carbocycles. The second-order valence-electron chi connectivity index (χ2n) is 12.2. The summed E-state index contributed by atoms with van der Waals surface area (Å²) in [5.41, 5.74) is 2.24. The van der Waals surface area contributed by atoms with E-state index in [1.807, 2.05) is 13.8 Å². The smallest absolute Gasteiger partial charge is 0.407 e. The van der Waals surface area contributed by atoms with E-state index in [9.17, 15) is 34.3 Å². The van der Waals surface area contributed by atoms with E-state index in [2.05, 4.69) is 10.5 Å². The van der Waals surface area contributed by atoms with E-state index in [-0.39, 0.29) is 48.8 Å². The van der Waals surface area contributed by atoms with E-state index in [1.165, 1.54) is 4.90 Å². The van der Waals surface area contributed by atoms with Crippen molar-refractivity contribution in [2.24, 2.45) is 34.6 Å². The summed E-state index contributed by atoms with van der Waals surface area (Å²) in [5.74, 6) is -0.184. The topological polar surface area (TPSA) is 227 Å². The number of fused-ring (bicyclic) bond motifs is 3. The number of anilines is 1. The molecule has 0 spiro atoms. The highest BCUT2D eigenvalue weighted by Gasteiger charge is 2.63. The summed E-state index contributed by atoms with van der Waals surface area (Å²) in [6.45, 7) is 3.83. The summed E-state index contributed by atoms with van der Waals surface area (Å²) < 4.78 is 5.17. The van der Waals surface area contributed by atoms with Gasteiger partial charge in [-0.1, -0.05) is 13.8 Å². The number of aliphatic hydroxyl groups excluding tert-OH is 1. The Labute approximate surface area is 253 Å². The maximum atomic E-state index is 14.4. The van der Waals surface area contributed by atoms with Crippen molar-refractivity contribution >= 4 is 29.3 Å². The lowest BCUT2D eigenvalue weighted by atomic mass is 9.58. The number of nitrogens with zero attached hydrogens (tertiary/aromatic N) is 3. The zero-order valence-electron chi connectivity index (χ0n) is 25.5. The van der Waals surface area contributed by atoms with Crippen molar-refractivity contribution in [3.63, 3.8) is 0 Å². The molecule has 0 saturated carbocycles. The molecule has 0 bridgehead atoms. The van der Waals surface area contributed by atoms with Crippen molar-refractivity contribution in [3.8, 4) is 5.75 Å². The van der Waals surface area contributed by atoms with Crippen LogP contribution < -0.4 is 26.7 Å². The first-order valence-corrected chi connectivity index (χ1v) is 14.0. The predicted molar refractivity (Wildman–Crippen MR) is 157 cm³/mol. The van der Waals surface area contributed by atoms with Crippen LogP contribution in [0.15, 0.2) is 33.8 Å². The molecule has 0 aliphatic heterocycles. The molecule has 1 aromatic rings. The lowest BCUT2D eigenvalue weighted by Crippen LogP contribution is -2.63. The second-order valence-corrected chi connectivity index (χ2v) is 12.2. The van der Waals surface area contributed by atoms with E-state index < -0.39 is 64.1 Å². The van der Waals surface area contributed by atoms with Gasteiger partial charge in [0, 0.05) is 43.4 Å². The van der Waals surface area contributed by atoms with Crippen molar-refractivity contribution in [2.45, 2.75) is 44.9 Å². The minimum atomic E-state index is -2.74. The number of hydrogen-bond acceptors (Lipinski definition) is 13. The van der Waals surface area contributed by atoms with Crippen LogP contribution in [0, 0.1) is 22.7 Å². The summed E-state index contributed by atoms with van der Waals surface area (Å²) in [6.07, 6.45) is -0.574. The predicted octanol–water partition coefficient (Wildman–Crippen LogP) is 0.824. The molecule has 4 rings (SSSR count). The number of alkyl carbamates (subject to hydrolysis) is 1. The van der Waals surface area contributed by atoms with Gasteiger partial charge in [0.25, 0.3) is 5.91 Å². The molecule has 7 N–H and O–H groups in total. The highest BCUT2D eigenvalue weighted by Crippen LogP contribution is 2.54. The normalized spacial score (nSPS) is 24.5. The molecule has 3 aliphatic carbocycles. The van der Waals surface area contributed by atoms with Crippen LogP contribution in [0.1, 0.15) is 41.8 Å². The molecule has 4 atom stereocenters. The molecule has 0 saturated heterocycles. The summed E-state index contributed by atoms with van der Waals surface area (Å²) in [6, 6.07) is 0.611. The van der Waals surface area contributed by atoms with Crippen LogP contribution in [0.3, 0.4) is 0 Å². The molecule has 15 nitrogen and oxygen atoms in total. The third-order valence-corrected chi connectivity index (χ3v) is 8.42. The Morgan fingerprint density at radius 3 is 2.41 bits per heavy atom. The molecule has 44 heavy (non-hydrogen) atoms. The Bertz CT molecular complexity index is 1500. The first-order valence-electron chi connectivity index (χ1n) is 14.0. The van der Waals surface area contributed by atoms with Crippen LogP contribution in [0.2, 0.25) is 0 Å². The molecular weight excluding hydrogens is 576 g/mol. The highest BCUT2D eigenvalue weighted by atomic mass is 16.6. The minimum absolute atomic E-state index is 0.0265. The Morgan fingerprint density at radius 1 is 1.23 bits per heavy atom. The first kappa shape index (κ1) is 32.6. The first-order chi connectivity index (χ1) is 20.6. The van der Waals surface area contributed by atoms with Crippen molar-refractivity contribution in [1.29, 1.82) is 0 Å². The fourth-order valence-corrected chi connectivity index (χ4v) is 6.58. The standard InChI is InChI=1S/C29H38N6O9/c1-12(2)11-43-28(40)32-10-14-9-17(34(3)4)15-7-13-8-16-21(35(5)6)23(37)20(27(30)39)26(38)29(16,41)25(33-42)18(13)22(36)19(15)24(14)44-31/h9,12-13,16,21,37,41H,7-8,10-11,31H2,1-6H3,(H2,30,39)(H,32,40)/t13-,16-,21+,29-/m0/s1. The van der Waals surface area contributed by atoms with Gasteiger partial charge in [-0.15, -0.1) is 4.91 Å². The number of likely N-dealkylation sites (N-methyl/N-ethyl adjacent to an activating group) is 1. The number of Topliss-reactive ketones (excluding diaryl/α,β-unsaturated/α-hetero) is 2. The number of primary amides is 1. The average Bonchev–Trinajstić information content (AvgIpc) is 2.94. The number of nitrogens with one attached hydrogen (secondary N) is 1. The van der Waals surface area contributed by atoms with Crippen LogP contribution in [0.4, 0.5) is 10.5 Å². The molecule has 0 fully saturated rings. The Morgan fingerprint density at radius 2 is 1.89 bits per heavy atom. The fraction of sp³-hybridized carbons (Fsp3) is 0.517. The summed E-state index contributed by atoms with van der Waals surface area (Å²) in [7, 11) is 6.65. The molecule has 0 aromatic heterocycles. The molecule has 0 heterocycles. The maximum absolute atomic E-state index is 14.4. The average molecular weight is 615 g/mol. The van der Waals surface area contributed by atoms with E-state index in [4.69, 9.17) is 21.2 Å². The van der Waals surface area contributed by atoms with Crippen LogP contribution in [0.25, 0.3) is 0 Å². The number of hydrogen-bond donors (Lipinski definition) is 5. The zero-order chi connectivity index (χ0) is 32.8. The van der Waals surface area contributed by atoms with Crippen molar-refractivity contribution < 1.29 is 39.0 Å². The van der Waals surface area contributed by atoms with Gasteiger partial charge in [0.1, 0.15) is 17.0 Å². The number of aliphatic hydroxyl groups is 2. The number of amides is 2. The summed E-state index contributed by atoms with van der Waals surface area (Å²) in [4.78, 5) is 73.5. The minimum Gasteiger partial charge on any atom is -0.510 e. The van der Waals surface area contributed by atoms with Gasteiger partial charge in [-0.05, 0) is 55.6 Å². The van der Waals surface area contributed by atoms with Crippen LogP contribution in [-0.4, -0.2) is 85.1 Å². The monoisotopic (exact) mass is 614 g/mol. The van der Waals surface area contributed by atoms with Gasteiger partial charge in [-0.2, -0.15) is 5.90 Å². The van der Waals surface area contributed by atoms with Gasteiger partial charge in [0.15, 0.2) is 17.1 Å². The van der Waals surface area contributed by atoms with Gasteiger partial charge in [-0.3, -0.25) is 19.3 Å². The number of nitrogens with two attached hydrogens (primary N) is 2. The number of carbonyl (C=O) groups excluding carboxylic acids is 4. The van der Waals surface area contributed by atoms with Crippen LogP contribution >= 0.6 is 0 Å². The van der Waals surface area contributed by atoms with Crippen LogP contribution in [0.5, 0.6) is 5.75 Å². The number of benzene rings is 1. The Balaban J connectivity index is 1.91. The number of ether oxygens (including phenoxy) is 1. The lowest BCUT2D eigenvalue weighted by molar-refractivity contribution is -0.144. The lowest BCUT2D eigenvalue weighted by Gasteiger charge is -2.50. The highest BCUT2D eigenvalue weighted by molar-refractivity contribution is 6.25. The van der Waals surface area contributed by atoms with E-state index in [0.717, 1.165) is 0 Å². The van der Waals surface area contributed by atoms with Gasteiger partial charge in [0.05, 0.1) is 18.2 Å². The molecule has 15 heteroatoms. The van der Waals surface area contributed by atoms with E-state index in [0.29, 0.717) is 16.8 Å². The molecular formula is C29H38N6O9. The number of rotatable bonds is 9. The number of allylic oxidation sites excluding steroid dienone is 1. The van der Waals surface area contributed by atoms with Gasteiger partial charge in [0.2, 0.25) is 5.78 Å². The quantitative estimate of drug-likeness (QED) is 0.148. The third-order valence-electron chi connectivity index (χ3n) is 8.42. The van der Waals surface area contributed by atoms with E-state index in [1.54, 1.807) is 39.2 Å². The fourth-order valence-electron chi connectivity index (χ4n) is 6.58. The van der Waals surface area contributed by atoms with Gasteiger partial charge >= 0.3 is 6.09 Å². The summed E-state index contributed by atoms with van der Waals surface area (Å²) in [5, 5.41) is 28.6. The van der Waals surface area contributed by atoms with Gasteiger partial charge in [-0.25, -0.2) is 4.79 Å². The van der Waals surface area contributed by atoms with Crippen LogP contribution in [-0.2, 0) is 27.3 Å². The number of carbonyl (C=O) groups is 4. The molecule has 238 valence electrons. The van der Waals surface area contributed by atoms with Crippen molar-refractivity contribution in [2.75, 3.05) is 39.7 Å². The summed E-state index contributed by atoms with van der Waals surface area (Å²) >= 11 is 0. The van der Waals surface area contributed by atoms with Crippen molar-refractivity contribution in [3.05, 3.63) is 50.3 Å².